The van der Waals surface area contributed by atoms with Crippen LogP contribution in [0.4, 0.5) is 5.69 Å². The quantitative estimate of drug-likeness (QED) is 0.789. The lowest BCUT2D eigenvalue weighted by Crippen LogP contribution is -2.34. The van der Waals surface area contributed by atoms with Gasteiger partial charge in [-0.2, -0.15) is 0 Å². The molecule has 2 amide bonds. The van der Waals surface area contributed by atoms with E-state index in [1.807, 2.05) is 0 Å². The number of benzene rings is 1. The zero-order chi connectivity index (χ0) is 17.9. The predicted molar refractivity (Wildman–Crippen MR) is 97.2 cm³/mol. The molecule has 2 aromatic rings. The van der Waals surface area contributed by atoms with Crippen LogP contribution >= 0.6 is 27.3 Å². The zero-order valence-corrected chi connectivity index (χ0v) is 16.2. The minimum atomic E-state index is -3.35. The first kappa shape index (κ1) is 18.6. The van der Waals surface area contributed by atoms with Gasteiger partial charge in [-0.25, -0.2) is 8.42 Å². The Hall–Kier alpha value is -1.71. The summed E-state index contributed by atoms with van der Waals surface area (Å²) in [4.78, 5) is 26.2. The van der Waals surface area contributed by atoms with Gasteiger partial charge in [-0.1, -0.05) is 6.07 Å². The molecule has 24 heavy (non-hydrogen) atoms. The van der Waals surface area contributed by atoms with E-state index in [2.05, 4.69) is 21.2 Å². The lowest BCUT2D eigenvalue weighted by atomic mass is 10.3. The first-order valence-corrected chi connectivity index (χ1v) is 10.3. The van der Waals surface area contributed by atoms with Crippen molar-refractivity contribution >= 4 is 54.6 Å². The topological polar surface area (TPSA) is 83.6 Å². The number of halogens is 1. The van der Waals surface area contributed by atoms with Crippen molar-refractivity contribution < 1.29 is 18.0 Å². The fraction of sp³-hybridized carbons (Fsp3) is 0.200. The smallest absolute Gasteiger partial charge is 0.264 e. The number of nitrogens with zero attached hydrogens (tertiary/aromatic N) is 1. The van der Waals surface area contributed by atoms with Crippen LogP contribution in [0.15, 0.2) is 45.1 Å². The van der Waals surface area contributed by atoms with E-state index in [4.69, 9.17) is 0 Å². The molecule has 0 saturated carbocycles. The van der Waals surface area contributed by atoms with E-state index >= 15 is 0 Å². The highest BCUT2D eigenvalue weighted by molar-refractivity contribution is 9.11. The van der Waals surface area contributed by atoms with Gasteiger partial charge in [0, 0.05) is 19.0 Å². The van der Waals surface area contributed by atoms with Gasteiger partial charge in [-0.15, -0.1) is 11.3 Å². The number of carbonyl (C=O) groups is 2. The van der Waals surface area contributed by atoms with Crippen LogP contribution in [0.2, 0.25) is 0 Å². The normalized spacial score (nSPS) is 11.1. The number of sulfone groups is 1. The van der Waals surface area contributed by atoms with Crippen molar-refractivity contribution in [2.75, 3.05) is 25.2 Å². The van der Waals surface area contributed by atoms with Crippen LogP contribution in [0.5, 0.6) is 0 Å². The lowest BCUT2D eigenvalue weighted by molar-refractivity contribution is -0.116. The molecule has 2 rings (SSSR count). The van der Waals surface area contributed by atoms with E-state index in [-0.39, 0.29) is 17.3 Å². The van der Waals surface area contributed by atoms with E-state index in [0.717, 1.165) is 10.0 Å². The molecule has 0 fully saturated rings. The van der Waals surface area contributed by atoms with Gasteiger partial charge in [0.1, 0.15) is 0 Å². The summed E-state index contributed by atoms with van der Waals surface area (Å²) in [5.74, 6) is -0.669. The maximum absolute atomic E-state index is 12.2. The summed E-state index contributed by atoms with van der Waals surface area (Å²) in [6, 6.07) is 9.42. The third-order valence-corrected chi connectivity index (χ3v) is 5.78. The maximum atomic E-state index is 12.2. The van der Waals surface area contributed by atoms with Gasteiger partial charge in [-0.05, 0) is 46.3 Å². The molecule has 1 aromatic carbocycles. The summed E-state index contributed by atoms with van der Waals surface area (Å²) in [6.07, 6.45) is 1.10. The number of anilines is 1. The Morgan fingerprint density at radius 2 is 1.96 bits per heavy atom. The predicted octanol–water partition coefficient (Wildman–Crippen LogP) is 2.62. The number of amides is 2. The van der Waals surface area contributed by atoms with E-state index in [1.165, 1.54) is 35.4 Å². The monoisotopic (exact) mass is 430 g/mol. The SMILES string of the molecule is CN(CC(=O)Nc1cccc(S(C)(=O)=O)c1)C(=O)c1ccc(Br)s1. The van der Waals surface area contributed by atoms with Gasteiger partial charge in [0.25, 0.3) is 5.91 Å². The van der Waals surface area contributed by atoms with Crippen LogP contribution in [-0.2, 0) is 14.6 Å². The molecule has 0 atom stereocenters. The maximum Gasteiger partial charge on any atom is 0.264 e. The third kappa shape index (κ3) is 4.89. The van der Waals surface area contributed by atoms with Crippen molar-refractivity contribution in [1.82, 2.24) is 4.90 Å². The summed E-state index contributed by atoms with van der Waals surface area (Å²) in [7, 11) is -1.82. The van der Waals surface area contributed by atoms with E-state index in [9.17, 15) is 18.0 Å². The van der Waals surface area contributed by atoms with E-state index in [0.29, 0.717) is 10.6 Å². The number of rotatable bonds is 5. The molecule has 0 aliphatic rings. The highest BCUT2D eigenvalue weighted by Gasteiger charge is 2.17. The first-order valence-electron chi connectivity index (χ1n) is 6.77. The van der Waals surface area contributed by atoms with Gasteiger partial charge < -0.3 is 10.2 Å². The zero-order valence-electron chi connectivity index (χ0n) is 12.9. The van der Waals surface area contributed by atoms with E-state index in [1.54, 1.807) is 24.3 Å². The largest absolute Gasteiger partial charge is 0.332 e. The highest BCUT2D eigenvalue weighted by Crippen LogP contribution is 2.23. The molecule has 0 aliphatic heterocycles. The average molecular weight is 431 g/mol. The summed E-state index contributed by atoms with van der Waals surface area (Å²) >= 11 is 4.57. The van der Waals surface area contributed by atoms with Gasteiger partial charge in [-0.3, -0.25) is 9.59 Å². The number of thiophene rings is 1. The first-order chi connectivity index (χ1) is 11.2. The molecule has 9 heteroatoms. The Balaban J connectivity index is 2.02. The summed E-state index contributed by atoms with van der Waals surface area (Å²) < 4.78 is 23.9. The molecule has 0 bridgehead atoms. The summed E-state index contributed by atoms with van der Waals surface area (Å²) in [6.45, 7) is -0.141. The number of hydrogen-bond acceptors (Lipinski definition) is 5. The lowest BCUT2D eigenvalue weighted by Gasteiger charge is -2.16. The Bertz CT molecular complexity index is 877. The Kier molecular flexibility index (Phi) is 5.79. The number of hydrogen-bond donors (Lipinski definition) is 1. The Morgan fingerprint density at radius 1 is 1.25 bits per heavy atom. The third-order valence-electron chi connectivity index (χ3n) is 3.06. The van der Waals surface area contributed by atoms with Crippen LogP contribution in [-0.4, -0.2) is 45.0 Å². The number of carbonyl (C=O) groups excluding carboxylic acids is 2. The molecule has 6 nitrogen and oxygen atoms in total. The molecule has 128 valence electrons. The molecule has 0 unspecified atom stereocenters. The van der Waals surface area contributed by atoms with Crippen molar-refractivity contribution in [1.29, 1.82) is 0 Å². The second kappa shape index (κ2) is 7.45. The molecule has 1 aromatic heterocycles. The van der Waals surface area contributed by atoms with Crippen molar-refractivity contribution in [3.05, 3.63) is 45.1 Å². The van der Waals surface area contributed by atoms with Crippen molar-refractivity contribution in [3.63, 3.8) is 0 Å². The van der Waals surface area contributed by atoms with Crippen molar-refractivity contribution in [3.8, 4) is 0 Å². The molecule has 0 aliphatic carbocycles. The van der Waals surface area contributed by atoms with E-state index < -0.39 is 15.7 Å². The summed E-state index contributed by atoms with van der Waals surface area (Å²) in [5, 5.41) is 2.59. The van der Waals surface area contributed by atoms with Crippen LogP contribution in [0.25, 0.3) is 0 Å². The molecule has 1 N–H and O–H groups in total. The standard InChI is InChI=1S/C15H15BrN2O4S2/c1-18(15(20)12-6-7-13(16)23-12)9-14(19)17-10-4-3-5-11(8-10)24(2,21)22/h3-8H,9H2,1-2H3,(H,17,19). The molecule has 0 spiro atoms. The Morgan fingerprint density at radius 3 is 2.54 bits per heavy atom. The highest BCUT2D eigenvalue weighted by atomic mass is 79.9. The molecular weight excluding hydrogens is 416 g/mol. The summed E-state index contributed by atoms with van der Waals surface area (Å²) in [5.41, 5.74) is 0.364. The van der Waals surface area contributed by atoms with Crippen molar-refractivity contribution in [2.45, 2.75) is 4.90 Å². The fourth-order valence-corrected chi connectivity index (χ4v) is 3.96. The van der Waals surface area contributed by atoms with Crippen molar-refractivity contribution in [2.24, 2.45) is 0 Å². The van der Waals surface area contributed by atoms with Gasteiger partial charge in [0.2, 0.25) is 5.91 Å². The van der Waals surface area contributed by atoms with Crippen LogP contribution in [0.3, 0.4) is 0 Å². The fourth-order valence-electron chi connectivity index (χ4n) is 1.91. The van der Waals surface area contributed by atoms with Crippen LogP contribution in [0.1, 0.15) is 9.67 Å². The van der Waals surface area contributed by atoms with Crippen LogP contribution in [0, 0.1) is 0 Å². The Labute approximate surface area is 152 Å². The van der Waals surface area contributed by atoms with Gasteiger partial charge in [0.05, 0.1) is 20.1 Å². The molecule has 0 saturated heterocycles. The molecular formula is C15H15BrN2O4S2. The van der Waals surface area contributed by atoms with Crippen LogP contribution < -0.4 is 5.32 Å². The minimum absolute atomic E-state index is 0.119. The minimum Gasteiger partial charge on any atom is -0.332 e. The van der Waals surface area contributed by atoms with Gasteiger partial charge in [0.15, 0.2) is 9.84 Å². The number of likely N-dealkylation sites (N-methyl/N-ethyl adjacent to an activating group) is 1. The average Bonchev–Trinajstić information content (AvgIpc) is 2.92. The second-order valence-electron chi connectivity index (χ2n) is 5.11. The second-order valence-corrected chi connectivity index (χ2v) is 9.59. The molecule has 1 heterocycles. The molecule has 0 radical (unpaired) electrons. The van der Waals surface area contributed by atoms with Gasteiger partial charge >= 0.3 is 0 Å². The number of nitrogens with one attached hydrogen (secondary N) is 1.